The Balaban J connectivity index is 3.25. The molecule has 0 aliphatic heterocycles. The molecule has 1 radical (unpaired) electrons. The minimum atomic E-state index is 0.815. The van der Waals surface area contributed by atoms with Crippen molar-refractivity contribution in [3.63, 3.8) is 0 Å². The van der Waals surface area contributed by atoms with E-state index in [0.717, 1.165) is 12.8 Å². The average molecular weight is 124 g/mol. The standard InChI is InChI=1S/C7H10NO/c1-3-4-5-6-7-8-9-2/h7H,1,3-4H2,2H3. The lowest BCUT2D eigenvalue weighted by molar-refractivity contribution is 0.216. The third kappa shape index (κ3) is 7.03. The molecular formula is C7H10NO. The monoisotopic (exact) mass is 124 g/mol. The van der Waals surface area contributed by atoms with Crippen molar-refractivity contribution in [3.05, 3.63) is 6.92 Å². The van der Waals surface area contributed by atoms with Crippen molar-refractivity contribution in [2.75, 3.05) is 7.11 Å². The van der Waals surface area contributed by atoms with Gasteiger partial charge in [-0.2, -0.15) is 0 Å². The molecule has 0 saturated carbocycles. The molecule has 0 bridgehead atoms. The minimum absolute atomic E-state index is 0.815. The SMILES string of the molecule is [CH2]CCC#CC=NOC. The second kappa shape index (κ2) is 7.03. The molecule has 0 saturated heterocycles. The normalized spacial score (nSPS) is 8.67. The summed E-state index contributed by atoms with van der Waals surface area (Å²) < 4.78 is 0. The van der Waals surface area contributed by atoms with Gasteiger partial charge in [0.2, 0.25) is 0 Å². The molecule has 0 fully saturated rings. The van der Waals surface area contributed by atoms with Crippen molar-refractivity contribution in [1.29, 1.82) is 0 Å². The van der Waals surface area contributed by atoms with Crippen LogP contribution in [-0.2, 0) is 4.84 Å². The molecule has 9 heavy (non-hydrogen) atoms. The molecule has 0 aliphatic carbocycles. The number of oxime groups is 1. The van der Waals surface area contributed by atoms with Crippen molar-refractivity contribution in [2.24, 2.45) is 5.16 Å². The van der Waals surface area contributed by atoms with Crippen LogP contribution in [0.1, 0.15) is 12.8 Å². The molecule has 0 spiro atoms. The molecule has 0 rings (SSSR count). The maximum absolute atomic E-state index is 4.37. The van der Waals surface area contributed by atoms with E-state index < -0.39 is 0 Å². The van der Waals surface area contributed by atoms with Gasteiger partial charge in [-0.15, -0.1) is 0 Å². The molecule has 0 aliphatic rings. The maximum atomic E-state index is 4.37. The quantitative estimate of drug-likeness (QED) is 0.308. The van der Waals surface area contributed by atoms with Crippen LogP contribution in [-0.4, -0.2) is 13.3 Å². The molecule has 0 aromatic carbocycles. The number of hydrogen-bond acceptors (Lipinski definition) is 2. The molecular weight excluding hydrogens is 114 g/mol. The Morgan fingerprint density at radius 2 is 2.56 bits per heavy atom. The summed E-state index contributed by atoms with van der Waals surface area (Å²) in [6.07, 6.45) is 3.08. The largest absolute Gasteiger partial charge is 0.399 e. The van der Waals surface area contributed by atoms with Crippen LogP contribution in [0.5, 0.6) is 0 Å². The van der Waals surface area contributed by atoms with Gasteiger partial charge < -0.3 is 4.84 Å². The van der Waals surface area contributed by atoms with Crippen LogP contribution in [0.4, 0.5) is 0 Å². The van der Waals surface area contributed by atoms with E-state index >= 15 is 0 Å². The van der Waals surface area contributed by atoms with Gasteiger partial charge in [0, 0.05) is 6.42 Å². The lowest BCUT2D eigenvalue weighted by atomic mass is 10.3. The Hall–Kier alpha value is -0.970. The predicted octanol–water partition coefficient (Wildman–Crippen LogP) is 1.24. The van der Waals surface area contributed by atoms with Crippen molar-refractivity contribution >= 4 is 6.21 Å². The first-order chi connectivity index (χ1) is 4.41. The van der Waals surface area contributed by atoms with E-state index in [2.05, 4.69) is 28.8 Å². The average Bonchev–Trinajstić information content (AvgIpc) is 1.89. The fraction of sp³-hybridized carbons (Fsp3) is 0.429. The van der Waals surface area contributed by atoms with Gasteiger partial charge in [0.25, 0.3) is 0 Å². The molecule has 0 aromatic heterocycles. The third-order valence-corrected chi connectivity index (χ3v) is 0.627. The van der Waals surface area contributed by atoms with Crippen LogP contribution in [0, 0.1) is 18.8 Å². The van der Waals surface area contributed by atoms with Gasteiger partial charge in [0.1, 0.15) is 13.3 Å². The smallest absolute Gasteiger partial charge is 0.116 e. The van der Waals surface area contributed by atoms with Gasteiger partial charge in [0.05, 0.1) is 0 Å². The Morgan fingerprint density at radius 3 is 3.11 bits per heavy atom. The number of unbranched alkanes of at least 4 members (excludes halogenated alkanes) is 1. The second-order valence-corrected chi connectivity index (χ2v) is 1.34. The van der Waals surface area contributed by atoms with E-state index in [4.69, 9.17) is 0 Å². The van der Waals surface area contributed by atoms with E-state index in [-0.39, 0.29) is 0 Å². The number of rotatable bonds is 2. The first-order valence-corrected chi connectivity index (χ1v) is 2.74. The van der Waals surface area contributed by atoms with Gasteiger partial charge in [0.15, 0.2) is 0 Å². The molecule has 0 amide bonds. The summed E-state index contributed by atoms with van der Waals surface area (Å²) in [6, 6.07) is 0. The zero-order valence-electron chi connectivity index (χ0n) is 5.55. The molecule has 2 nitrogen and oxygen atoms in total. The molecule has 0 unspecified atom stereocenters. The van der Waals surface area contributed by atoms with E-state index in [1.807, 2.05) is 0 Å². The maximum Gasteiger partial charge on any atom is 0.116 e. The summed E-state index contributed by atoms with van der Waals surface area (Å²) in [5.41, 5.74) is 0. The van der Waals surface area contributed by atoms with Gasteiger partial charge in [-0.3, -0.25) is 0 Å². The summed E-state index contributed by atoms with van der Waals surface area (Å²) >= 11 is 0. The summed E-state index contributed by atoms with van der Waals surface area (Å²) in [5.74, 6) is 5.51. The van der Waals surface area contributed by atoms with Crippen LogP contribution >= 0.6 is 0 Å². The molecule has 0 N–H and O–H groups in total. The zero-order chi connectivity index (χ0) is 6.95. The molecule has 2 heteroatoms. The first-order valence-electron chi connectivity index (χ1n) is 2.74. The highest BCUT2D eigenvalue weighted by atomic mass is 16.6. The predicted molar refractivity (Wildman–Crippen MR) is 37.9 cm³/mol. The third-order valence-electron chi connectivity index (χ3n) is 0.627. The number of nitrogens with zero attached hydrogens (tertiary/aromatic N) is 1. The highest BCUT2D eigenvalue weighted by Gasteiger charge is 1.66. The van der Waals surface area contributed by atoms with Crippen LogP contribution in [0.3, 0.4) is 0 Å². The van der Waals surface area contributed by atoms with Crippen LogP contribution in [0.2, 0.25) is 0 Å². The molecule has 49 valence electrons. The van der Waals surface area contributed by atoms with E-state index in [9.17, 15) is 0 Å². The van der Waals surface area contributed by atoms with Gasteiger partial charge in [-0.1, -0.05) is 23.9 Å². The van der Waals surface area contributed by atoms with Crippen LogP contribution in [0.25, 0.3) is 0 Å². The summed E-state index contributed by atoms with van der Waals surface area (Å²) in [7, 11) is 1.49. The van der Waals surface area contributed by atoms with Crippen LogP contribution < -0.4 is 0 Å². The zero-order valence-corrected chi connectivity index (χ0v) is 5.55. The Morgan fingerprint density at radius 1 is 1.78 bits per heavy atom. The van der Waals surface area contributed by atoms with E-state index in [1.54, 1.807) is 0 Å². The summed E-state index contributed by atoms with van der Waals surface area (Å²) in [6.45, 7) is 3.63. The van der Waals surface area contributed by atoms with Crippen molar-refractivity contribution in [1.82, 2.24) is 0 Å². The van der Waals surface area contributed by atoms with Crippen molar-refractivity contribution < 1.29 is 4.84 Å². The molecule has 0 heterocycles. The second-order valence-electron chi connectivity index (χ2n) is 1.34. The molecule has 0 atom stereocenters. The molecule has 0 aromatic rings. The lowest BCUT2D eigenvalue weighted by Gasteiger charge is -1.77. The lowest BCUT2D eigenvalue weighted by Crippen LogP contribution is -1.69. The van der Waals surface area contributed by atoms with E-state index in [0.29, 0.717) is 0 Å². The van der Waals surface area contributed by atoms with E-state index in [1.165, 1.54) is 13.3 Å². The summed E-state index contributed by atoms with van der Waals surface area (Å²) in [4.78, 5) is 4.37. The summed E-state index contributed by atoms with van der Waals surface area (Å²) in [5, 5.41) is 3.42. The highest BCUT2D eigenvalue weighted by molar-refractivity contribution is 5.77. The van der Waals surface area contributed by atoms with Gasteiger partial charge in [-0.05, 0) is 6.42 Å². The fourth-order valence-corrected chi connectivity index (χ4v) is 0.285. The minimum Gasteiger partial charge on any atom is -0.399 e. The highest BCUT2D eigenvalue weighted by Crippen LogP contribution is 1.78. The van der Waals surface area contributed by atoms with Gasteiger partial charge in [-0.25, -0.2) is 0 Å². The number of hydrogen-bond donors (Lipinski definition) is 0. The first kappa shape index (κ1) is 8.03. The Bertz CT molecular complexity index is 130. The van der Waals surface area contributed by atoms with Crippen molar-refractivity contribution in [3.8, 4) is 11.8 Å². The topological polar surface area (TPSA) is 21.6 Å². The van der Waals surface area contributed by atoms with Crippen molar-refractivity contribution in [2.45, 2.75) is 12.8 Å². The van der Waals surface area contributed by atoms with Crippen LogP contribution in [0.15, 0.2) is 5.16 Å². The fourth-order valence-electron chi connectivity index (χ4n) is 0.285. The Labute approximate surface area is 55.9 Å². The van der Waals surface area contributed by atoms with Gasteiger partial charge >= 0.3 is 0 Å². The Kier molecular flexibility index (Phi) is 6.27.